The van der Waals surface area contributed by atoms with E-state index < -0.39 is 0 Å². The smallest absolute Gasteiger partial charge is 0.319 e. The molecule has 1 saturated heterocycles. The van der Waals surface area contributed by atoms with Gasteiger partial charge in [0.25, 0.3) is 0 Å². The van der Waals surface area contributed by atoms with Crippen molar-refractivity contribution in [3.63, 3.8) is 0 Å². The lowest BCUT2D eigenvalue weighted by atomic mass is 9.93. The van der Waals surface area contributed by atoms with Crippen molar-refractivity contribution in [2.24, 2.45) is 0 Å². The molecule has 6 nitrogen and oxygen atoms in total. The Morgan fingerprint density at radius 2 is 1.56 bits per heavy atom. The van der Waals surface area contributed by atoms with Gasteiger partial charge in [0.2, 0.25) is 0 Å². The molecule has 0 bridgehead atoms. The lowest BCUT2D eigenvalue weighted by Gasteiger charge is -2.44. The van der Waals surface area contributed by atoms with Crippen molar-refractivity contribution in [3.8, 4) is 0 Å². The number of aromatic nitrogens is 2. The van der Waals surface area contributed by atoms with E-state index >= 15 is 0 Å². The van der Waals surface area contributed by atoms with Gasteiger partial charge in [0.15, 0.2) is 0 Å². The van der Waals surface area contributed by atoms with E-state index in [9.17, 15) is 4.79 Å². The van der Waals surface area contributed by atoms with Gasteiger partial charge in [-0.1, -0.05) is 66.7 Å². The summed E-state index contributed by atoms with van der Waals surface area (Å²) in [6.07, 6.45) is 0. The maximum Gasteiger partial charge on any atom is 0.319 e. The molecule has 1 fully saturated rings. The van der Waals surface area contributed by atoms with E-state index in [0.29, 0.717) is 0 Å². The summed E-state index contributed by atoms with van der Waals surface area (Å²) < 4.78 is 0. The van der Waals surface area contributed by atoms with Crippen LogP contribution in [0.2, 0.25) is 0 Å². The Balaban J connectivity index is 1.25. The number of nitrogens with zero attached hydrogens (tertiary/aromatic N) is 3. The maximum absolute atomic E-state index is 12.7. The lowest BCUT2D eigenvalue weighted by molar-refractivity contribution is 0.0986. The van der Waals surface area contributed by atoms with Crippen molar-refractivity contribution >= 4 is 22.6 Å². The molecule has 0 radical (unpaired) electrons. The highest BCUT2D eigenvalue weighted by molar-refractivity contribution is 6.00. The number of anilines is 1. The normalized spacial score (nSPS) is 14.3. The van der Waals surface area contributed by atoms with E-state index in [1.54, 1.807) is 0 Å². The van der Waals surface area contributed by atoms with Crippen LogP contribution in [0.25, 0.3) is 10.9 Å². The lowest BCUT2D eigenvalue weighted by Crippen LogP contribution is -2.60. The van der Waals surface area contributed by atoms with Gasteiger partial charge in [0.05, 0.1) is 29.0 Å². The van der Waals surface area contributed by atoms with Crippen LogP contribution in [0, 0.1) is 6.92 Å². The van der Waals surface area contributed by atoms with Crippen LogP contribution in [0.5, 0.6) is 0 Å². The maximum atomic E-state index is 12.7. The molecule has 0 atom stereocenters. The number of carbonyl (C=O) groups excluding carboxylic acids is 1. The fourth-order valence-electron chi connectivity index (χ4n) is 4.31. The summed E-state index contributed by atoms with van der Waals surface area (Å²) in [5.41, 5.74) is 4.83. The minimum atomic E-state index is -0.201. The van der Waals surface area contributed by atoms with Gasteiger partial charge in [-0.25, -0.2) is 4.79 Å². The van der Waals surface area contributed by atoms with Crippen LogP contribution < -0.4 is 10.6 Å². The molecule has 1 aromatic heterocycles. The second kappa shape index (κ2) is 8.77. The van der Waals surface area contributed by atoms with Crippen LogP contribution in [0.4, 0.5) is 10.5 Å². The number of hydrogen-bond donors (Lipinski definition) is 2. The summed E-state index contributed by atoms with van der Waals surface area (Å²) in [5.74, 6) is 0. The van der Waals surface area contributed by atoms with E-state index in [1.165, 1.54) is 11.1 Å². The fourth-order valence-corrected chi connectivity index (χ4v) is 4.31. The second-order valence-electron chi connectivity index (χ2n) is 8.20. The molecule has 4 aromatic rings. The van der Waals surface area contributed by atoms with Crippen molar-refractivity contribution in [1.82, 2.24) is 20.4 Å². The Hall–Kier alpha value is -3.77. The number of likely N-dealkylation sites (tertiary alicyclic amines) is 1. The third kappa shape index (κ3) is 4.18. The molecule has 0 spiro atoms. The number of rotatable bonds is 5. The average molecular weight is 424 g/mol. The predicted molar refractivity (Wildman–Crippen MR) is 127 cm³/mol. The Labute approximate surface area is 187 Å². The van der Waals surface area contributed by atoms with Crippen molar-refractivity contribution in [2.75, 3.05) is 18.4 Å². The monoisotopic (exact) mass is 423 g/mol. The Morgan fingerprint density at radius 3 is 2.22 bits per heavy atom. The number of urea groups is 1. The molecule has 5 rings (SSSR count). The van der Waals surface area contributed by atoms with Gasteiger partial charge in [-0.15, -0.1) is 0 Å². The number of benzene rings is 3. The molecule has 160 valence electrons. The zero-order valence-corrected chi connectivity index (χ0v) is 17.9. The summed E-state index contributed by atoms with van der Waals surface area (Å²) in [5, 5.41) is 15.3. The van der Waals surface area contributed by atoms with Crippen LogP contribution in [0.3, 0.4) is 0 Å². The molecule has 6 heteroatoms. The van der Waals surface area contributed by atoms with Crippen LogP contribution in [0.1, 0.15) is 22.9 Å². The van der Waals surface area contributed by atoms with Crippen molar-refractivity contribution in [1.29, 1.82) is 0 Å². The quantitative estimate of drug-likeness (QED) is 0.495. The topological polar surface area (TPSA) is 70.2 Å². The zero-order valence-electron chi connectivity index (χ0n) is 17.9. The summed E-state index contributed by atoms with van der Waals surface area (Å²) in [6.45, 7) is 3.48. The van der Waals surface area contributed by atoms with Gasteiger partial charge in [0, 0.05) is 18.5 Å². The Bertz CT molecular complexity index is 1180. The van der Waals surface area contributed by atoms with Gasteiger partial charge in [-0.3, -0.25) is 4.90 Å². The first-order valence-corrected chi connectivity index (χ1v) is 10.8. The fraction of sp³-hybridized carbons (Fsp3) is 0.192. The molecule has 1 aliphatic rings. The highest BCUT2D eigenvalue weighted by atomic mass is 16.2. The first-order valence-electron chi connectivity index (χ1n) is 10.8. The summed E-state index contributed by atoms with van der Waals surface area (Å²) in [6, 6.07) is 28.7. The molecule has 1 aliphatic heterocycles. The van der Waals surface area contributed by atoms with E-state index in [4.69, 9.17) is 0 Å². The molecule has 2 N–H and O–H groups in total. The summed E-state index contributed by atoms with van der Waals surface area (Å²) in [7, 11) is 0. The Kier molecular flexibility index (Phi) is 5.52. The van der Waals surface area contributed by atoms with E-state index in [1.807, 2.05) is 43.3 Å². The minimum absolute atomic E-state index is 0.0985. The highest BCUT2D eigenvalue weighted by Gasteiger charge is 2.34. The van der Waals surface area contributed by atoms with Crippen LogP contribution >= 0.6 is 0 Å². The molecule has 32 heavy (non-hydrogen) atoms. The van der Waals surface area contributed by atoms with Crippen LogP contribution in [0.15, 0.2) is 84.9 Å². The first kappa shape index (κ1) is 20.2. The number of carbonyl (C=O) groups is 1. The third-order valence-corrected chi connectivity index (χ3v) is 5.84. The van der Waals surface area contributed by atoms with Gasteiger partial charge < -0.3 is 10.6 Å². The van der Waals surface area contributed by atoms with E-state index in [2.05, 4.69) is 74.3 Å². The van der Waals surface area contributed by atoms with Crippen molar-refractivity contribution in [3.05, 3.63) is 102 Å². The van der Waals surface area contributed by atoms with Gasteiger partial charge in [0.1, 0.15) is 0 Å². The highest BCUT2D eigenvalue weighted by Crippen LogP contribution is 2.32. The molecule has 2 amide bonds. The first-order chi connectivity index (χ1) is 15.7. The van der Waals surface area contributed by atoms with E-state index in [0.717, 1.165) is 35.4 Å². The zero-order chi connectivity index (χ0) is 21.9. The molecule has 3 aromatic carbocycles. The van der Waals surface area contributed by atoms with Crippen LogP contribution in [-0.2, 0) is 0 Å². The average Bonchev–Trinajstić information content (AvgIpc) is 2.79. The summed E-state index contributed by atoms with van der Waals surface area (Å²) in [4.78, 5) is 15.1. The van der Waals surface area contributed by atoms with Gasteiger partial charge >= 0.3 is 6.03 Å². The predicted octanol–water partition coefficient (Wildman–Crippen LogP) is 4.53. The minimum Gasteiger partial charge on any atom is -0.333 e. The second-order valence-corrected chi connectivity index (χ2v) is 8.20. The summed E-state index contributed by atoms with van der Waals surface area (Å²) >= 11 is 0. The molecule has 0 unspecified atom stereocenters. The number of aryl methyl sites for hydroxylation is 1. The van der Waals surface area contributed by atoms with Gasteiger partial charge in [-0.2, -0.15) is 10.2 Å². The van der Waals surface area contributed by atoms with Crippen molar-refractivity contribution in [2.45, 2.75) is 19.0 Å². The van der Waals surface area contributed by atoms with Crippen LogP contribution in [-0.4, -0.2) is 40.3 Å². The standard InChI is InChI=1S/C26H25N5O/c1-18-15-22-23(13-8-14-24(22)30-29-18)28-26(32)27-21-16-31(17-21)25(19-9-4-2-5-10-19)20-11-6-3-7-12-20/h2-15,21,25H,16-17H2,1H3,(H2,27,28,32). The molecule has 0 aliphatic carbocycles. The molecule has 2 heterocycles. The number of hydrogen-bond acceptors (Lipinski definition) is 4. The number of amides is 2. The van der Waals surface area contributed by atoms with E-state index in [-0.39, 0.29) is 18.1 Å². The SMILES string of the molecule is Cc1cc2c(NC(=O)NC3CN(C(c4ccccc4)c4ccccc4)C3)cccc2nn1. The molecular formula is C26H25N5O. The molecule has 0 saturated carbocycles. The number of fused-ring (bicyclic) bond motifs is 1. The van der Waals surface area contributed by atoms with Crippen molar-refractivity contribution < 1.29 is 4.79 Å². The third-order valence-electron chi connectivity index (χ3n) is 5.84. The Morgan fingerprint density at radius 1 is 0.906 bits per heavy atom. The molecular weight excluding hydrogens is 398 g/mol. The number of nitrogens with one attached hydrogen (secondary N) is 2. The van der Waals surface area contributed by atoms with Gasteiger partial charge in [-0.05, 0) is 36.2 Å². The largest absolute Gasteiger partial charge is 0.333 e.